The Labute approximate surface area is 75.3 Å². The number of hydrogen-bond donors (Lipinski definition) is 0. The largest absolute Gasteiger partial charge is 0.198 e. The summed E-state index contributed by atoms with van der Waals surface area (Å²) in [5.41, 5.74) is -1.82. The van der Waals surface area contributed by atoms with Gasteiger partial charge in [0.1, 0.15) is 0 Å². The number of nitriles is 5. The van der Waals surface area contributed by atoms with E-state index in [2.05, 4.69) is 0 Å². The van der Waals surface area contributed by atoms with E-state index in [-0.39, 0.29) is 0 Å². The van der Waals surface area contributed by atoms with Gasteiger partial charge in [0.25, 0.3) is 0 Å². The zero-order valence-corrected chi connectivity index (χ0v) is 6.52. The number of hydrogen-bond acceptors (Lipinski definition) is 5. The summed E-state index contributed by atoms with van der Waals surface area (Å²) in [5, 5.41) is 42.5. The van der Waals surface area contributed by atoms with Gasteiger partial charge in [0.15, 0.2) is 11.3 Å². The van der Waals surface area contributed by atoms with Crippen molar-refractivity contribution in [1.82, 2.24) is 0 Å². The minimum Gasteiger partial charge on any atom is -0.198 e. The summed E-state index contributed by atoms with van der Waals surface area (Å²) in [7, 11) is 0. The van der Waals surface area contributed by atoms with Gasteiger partial charge in [-0.25, -0.2) is 0 Å². The summed E-state index contributed by atoms with van der Waals surface area (Å²) in [6.45, 7) is 0. The standard InChI is InChI=1S/C8H3N5/c9-2-1-8(5-12,6-13)7(3-10)4-11/h7H,1H2. The topological polar surface area (TPSA) is 119 Å². The lowest BCUT2D eigenvalue weighted by Gasteiger charge is -2.13. The third-order valence-electron chi connectivity index (χ3n) is 1.51. The van der Waals surface area contributed by atoms with Crippen molar-refractivity contribution in [3.63, 3.8) is 0 Å². The number of rotatable bonds is 2. The highest BCUT2D eigenvalue weighted by molar-refractivity contribution is 5.27. The van der Waals surface area contributed by atoms with Crippen LogP contribution >= 0.6 is 0 Å². The van der Waals surface area contributed by atoms with Crippen molar-refractivity contribution in [2.75, 3.05) is 0 Å². The minimum absolute atomic E-state index is 0.439. The van der Waals surface area contributed by atoms with E-state index >= 15 is 0 Å². The summed E-state index contributed by atoms with van der Waals surface area (Å²) < 4.78 is 0. The molecule has 0 aliphatic rings. The summed E-state index contributed by atoms with van der Waals surface area (Å²) in [5.74, 6) is -1.39. The van der Waals surface area contributed by atoms with E-state index < -0.39 is 17.8 Å². The average Bonchev–Trinajstić information content (AvgIpc) is 2.18. The molecule has 0 atom stereocenters. The highest BCUT2D eigenvalue weighted by atomic mass is 14.5. The summed E-state index contributed by atoms with van der Waals surface area (Å²) in [4.78, 5) is 0. The monoisotopic (exact) mass is 169 g/mol. The molecule has 0 saturated heterocycles. The summed E-state index contributed by atoms with van der Waals surface area (Å²) >= 11 is 0. The van der Waals surface area contributed by atoms with Crippen molar-refractivity contribution in [1.29, 1.82) is 26.3 Å². The Hall–Kier alpha value is -2.55. The van der Waals surface area contributed by atoms with E-state index in [0.29, 0.717) is 0 Å². The van der Waals surface area contributed by atoms with Gasteiger partial charge in [0.05, 0.1) is 36.8 Å². The Morgan fingerprint density at radius 3 is 1.62 bits per heavy atom. The van der Waals surface area contributed by atoms with Gasteiger partial charge in [-0.2, -0.15) is 26.3 Å². The highest BCUT2D eigenvalue weighted by Crippen LogP contribution is 2.29. The maximum Gasteiger partial charge on any atom is 0.185 e. The zero-order chi connectivity index (χ0) is 10.3. The van der Waals surface area contributed by atoms with Gasteiger partial charge in [-0.1, -0.05) is 0 Å². The normalized spacial score (nSPS) is 8.62. The third kappa shape index (κ3) is 1.72. The molecule has 0 aromatic heterocycles. The van der Waals surface area contributed by atoms with Crippen LogP contribution in [0.3, 0.4) is 0 Å². The molecular weight excluding hydrogens is 166 g/mol. The fourth-order valence-corrected chi connectivity index (χ4v) is 0.709. The molecule has 60 valence electrons. The first kappa shape index (κ1) is 10.4. The molecule has 0 unspecified atom stereocenters. The molecule has 0 aromatic carbocycles. The molecular formula is C8H3N5. The molecule has 0 aliphatic carbocycles. The van der Waals surface area contributed by atoms with Gasteiger partial charge in [-0.3, -0.25) is 0 Å². The van der Waals surface area contributed by atoms with Crippen molar-refractivity contribution >= 4 is 0 Å². The lowest BCUT2D eigenvalue weighted by molar-refractivity contribution is 0.468. The van der Waals surface area contributed by atoms with Gasteiger partial charge in [0.2, 0.25) is 0 Å². The van der Waals surface area contributed by atoms with Gasteiger partial charge in [0, 0.05) is 0 Å². The fourth-order valence-electron chi connectivity index (χ4n) is 0.709. The van der Waals surface area contributed by atoms with Crippen molar-refractivity contribution in [3.05, 3.63) is 0 Å². The van der Waals surface area contributed by atoms with E-state index in [0.717, 1.165) is 0 Å². The molecule has 0 spiro atoms. The lowest BCUT2D eigenvalue weighted by atomic mass is 9.77. The zero-order valence-electron chi connectivity index (χ0n) is 6.52. The summed E-state index contributed by atoms with van der Waals surface area (Å²) in [6.07, 6.45) is -0.439. The van der Waals surface area contributed by atoms with E-state index in [1.807, 2.05) is 0 Å². The van der Waals surface area contributed by atoms with Crippen LogP contribution in [-0.4, -0.2) is 0 Å². The van der Waals surface area contributed by atoms with Crippen LogP contribution in [0.4, 0.5) is 0 Å². The molecule has 0 saturated carbocycles. The maximum absolute atomic E-state index is 8.61. The Morgan fingerprint density at radius 2 is 1.38 bits per heavy atom. The molecule has 0 aliphatic heterocycles. The van der Waals surface area contributed by atoms with E-state index in [4.69, 9.17) is 26.3 Å². The molecule has 5 nitrogen and oxygen atoms in total. The molecule has 0 aromatic rings. The van der Waals surface area contributed by atoms with Crippen LogP contribution in [0.15, 0.2) is 0 Å². The van der Waals surface area contributed by atoms with Crippen LogP contribution in [0.5, 0.6) is 0 Å². The molecule has 0 amide bonds. The fraction of sp³-hybridized carbons (Fsp3) is 0.375. The second kappa shape index (κ2) is 4.35. The Bertz CT molecular complexity index is 361. The van der Waals surface area contributed by atoms with E-state index in [1.54, 1.807) is 6.07 Å². The Morgan fingerprint density at radius 1 is 0.923 bits per heavy atom. The second-order valence-corrected chi connectivity index (χ2v) is 2.22. The van der Waals surface area contributed by atoms with Gasteiger partial charge in [-0.05, 0) is 0 Å². The van der Waals surface area contributed by atoms with Crippen molar-refractivity contribution < 1.29 is 0 Å². The first-order valence-corrected chi connectivity index (χ1v) is 3.19. The molecule has 0 radical (unpaired) electrons. The van der Waals surface area contributed by atoms with E-state index in [9.17, 15) is 0 Å². The summed E-state index contributed by atoms with van der Waals surface area (Å²) in [6, 6.07) is 7.74. The van der Waals surface area contributed by atoms with Crippen LogP contribution < -0.4 is 0 Å². The quantitative estimate of drug-likeness (QED) is 0.599. The third-order valence-corrected chi connectivity index (χ3v) is 1.51. The molecule has 0 bridgehead atoms. The molecule has 13 heavy (non-hydrogen) atoms. The first-order valence-electron chi connectivity index (χ1n) is 3.19. The van der Waals surface area contributed by atoms with E-state index in [1.165, 1.54) is 24.3 Å². The molecule has 5 heteroatoms. The van der Waals surface area contributed by atoms with Gasteiger partial charge < -0.3 is 0 Å². The van der Waals surface area contributed by atoms with Crippen LogP contribution in [0.2, 0.25) is 0 Å². The molecule has 0 heterocycles. The predicted molar refractivity (Wildman–Crippen MR) is 38.6 cm³/mol. The van der Waals surface area contributed by atoms with Crippen LogP contribution in [0.1, 0.15) is 6.42 Å². The van der Waals surface area contributed by atoms with Crippen LogP contribution in [0.25, 0.3) is 0 Å². The van der Waals surface area contributed by atoms with Crippen LogP contribution in [0, 0.1) is 68.0 Å². The second-order valence-electron chi connectivity index (χ2n) is 2.22. The van der Waals surface area contributed by atoms with Crippen molar-refractivity contribution in [2.45, 2.75) is 6.42 Å². The molecule has 0 fully saturated rings. The van der Waals surface area contributed by atoms with Crippen molar-refractivity contribution in [2.24, 2.45) is 11.3 Å². The highest BCUT2D eigenvalue weighted by Gasteiger charge is 2.40. The smallest absolute Gasteiger partial charge is 0.185 e. The Kier molecular flexibility index (Phi) is 3.50. The van der Waals surface area contributed by atoms with Gasteiger partial charge in [-0.15, -0.1) is 0 Å². The predicted octanol–water partition coefficient (Wildman–Crippen LogP) is 0.597. The SMILES string of the molecule is N#CCC(C#N)(C#N)C(C#N)C#N. The number of nitrogens with zero attached hydrogens (tertiary/aromatic N) is 5. The van der Waals surface area contributed by atoms with Crippen molar-refractivity contribution in [3.8, 4) is 30.3 Å². The lowest BCUT2D eigenvalue weighted by Crippen LogP contribution is -2.25. The first-order chi connectivity index (χ1) is 6.20. The average molecular weight is 169 g/mol. The maximum atomic E-state index is 8.61. The Balaban J connectivity index is 5.21. The molecule has 0 N–H and O–H groups in total. The van der Waals surface area contributed by atoms with Crippen LogP contribution in [-0.2, 0) is 0 Å². The van der Waals surface area contributed by atoms with Gasteiger partial charge >= 0.3 is 0 Å². The molecule has 0 rings (SSSR count). The minimum atomic E-state index is -1.82.